The Hall–Kier alpha value is -1.42. The highest BCUT2D eigenvalue weighted by Gasteiger charge is 2.46. The molecule has 0 bridgehead atoms. The van der Waals surface area contributed by atoms with Gasteiger partial charge < -0.3 is 5.32 Å². The van der Waals surface area contributed by atoms with E-state index in [1.807, 2.05) is 12.1 Å². The van der Waals surface area contributed by atoms with Gasteiger partial charge in [-0.15, -0.1) is 0 Å². The Morgan fingerprint density at radius 2 is 1.83 bits per heavy atom. The molecular formula is C19H27FN2O. The van der Waals surface area contributed by atoms with E-state index < -0.39 is 0 Å². The van der Waals surface area contributed by atoms with Gasteiger partial charge in [-0.3, -0.25) is 9.69 Å². The molecule has 2 aliphatic rings. The zero-order valence-corrected chi connectivity index (χ0v) is 13.8. The fourth-order valence-corrected chi connectivity index (χ4v) is 4.14. The van der Waals surface area contributed by atoms with Crippen LogP contribution in [-0.2, 0) is 11.2 Å². The van der Waals surface area contributed by atoms with Crippen LogP contribution in [0.1, 0.15) is 50.5 Å². The van der Waals surface area contributed by atoms with Crippen LogP contribution >= 0.6 is 0 Å². The molecule has 1 saturated carbocycles. The minimum atomic E-state index is -0.255. The van der Waals surface area contributed by atoms with Gasteiger partial charge in [-0.2, -0.15) is 0 Å². The molecule has 0 spiro atoms. The normalized spacial score (nSPS) is 20.7. The third kappa shape index (κ3) is 3.57. The fraction of sp³-hybridized carbons (Fsp3) is 0.632. The second-order valence-corrected chi connectivity index (χ2v) is 6.88. The van der Waals surface area contributed by atoms with E-state index in [9.17, 15) is 9.18 Å². The number of nitrogens with one attached hydrogen (secondary N) is 1. The van der Waals surface area contributed by atoms with Crippen molar-refractivity contribution in [2.75, 3.05) is 19.6 Å². The van der Waals surface area contributed by atoms with Gasteiger partial charge in [0.05, 0.1) is 0 Å². The molecule has 1 aliphatic carbocycles. The Kier molecular flexibility index (Phi) is 5.31. The van der Waals surface area contributed by atoms with Crippen LogP contribution in [0.3, 0.4) is 0 Å². The predicted molar refractivity (Wildman–Crippen MR) is 89.7 cm³/mol. The molecule has 0 aromatic heterocycles. The Labute approximate surface area is 138 Å². The zero-order valence-electron chi connectivity index (χ0n) is 13.8. The summed E-state index contributed by atoms with van der Waals surface area (Å²) < 4.78 is 13.6. The highest BCUT2D eigenvalue weighted by Crippen LogP contribution is 2.37. The van der Waals surface area contributed by atoms with Crippen LogP contribution in [0.2, 0.25) is 0 Å². The van der Waals surface area contributed by atoms with E-state index in [4.69, 9.17) is 0 Å². The first-order valence-corrected chi connectivity index (χ1v) is 8.99. The number of aryl methyl sites for hydroxylation is 1. The van der Waals surface area contributed by atoms with Gasteiger partial charge >= 0.3 is 0 Å². The monoisotopic (exact) mass is 318 g/mol. The largest absolute Gasteiger partial charge is 0.354 e. The maximum absolute atomic E-state index is 13.6. The molecule has 0 atom stereocenters. The van der Waals surface area contributed by atoms with E-state index in [-0.39, 0.29) is 17.3 Å². The summed E-state index contributed by atoms with van der Waals surface area (Å²) in [5, 5.41) is 3.13. The van der Waals surface area contributed by atoms with Gasteiger partial charge in [0.2, 0.25) is 5.91 Å². The molecule has 1 amide bonds. The lowest BCUT2D eigenvalue weighted by molar-refractivity contribution is -0.132. The van der Waals surface area contributed by atoms with E-state index in [1.54, 1.807) is 6.07 Å². The van der Waals surface area contributed by atoms with Crippen molar-refractivity contribution >= 4 is 5.91 Å². The second-order valence-electron chi connectivity index (χ2n) is 6.88. The lowest BCUT2D eigenvalue weighted by Gasteiger charge is -2.37. The Morgan fingerprint density at radius 1 is 1.13 bits per heavy atom. The first-order valence-electron chi connectivity index (χ1n) is 8.99. The van der Waals surface area contributed by atoms with Crippen LogP contribution in [0.25, 0.3) is 0 Å². The topological polar surface area (TPSA) is 32.3 Å². The number of halogens is 1. The van der Waals surface area contributed by atoms with Gasteiger partial charge in [0.1, 0.15) is 11.4 Å². The average molecular weight is 318 g/mol. The minimum absolute atomic E-state index is 0.150. The average Bonchev–Trinajstić information content (AvgIpc) is 3.24. The molecular weight excluding hydrogens is 291 g/mol. The molecule has 1 aliphatic heterocycles. The van der Waals surface area contributed by atoms with Crippen LogP contribution in [-0.4, -0.2) is 36.0 Å². The first-order chi connectivity index (χ1) is 11.2. The third-order valence-corrected chi connectivity index (χ3v) is 5.43. The van der Waals surface area contributed by atoms with Crippen molar-refractivity contribution < 1.29 is 9.18 Å². The van der Waals surface area contributed by atoms with E-state index >= 15 is 0 Å². The summed E-state index contributed by atoms with van der Waals surface area (Å²) in [6.45, 7) is 2.74. The van der Waals surface area contributed by atoms with Crippen molar-refractivity contribution in [1.29, 1.82) is 0 Å². The number of nitrogens with zero attached hydrogens (tertiary/aromatic N) is 1. The molecule has 0 unspecified atom stereocenters. The van der Waals surface area contributed by atoms with Crippen LogP contribution in [0.4, 0.5) is 4.39 Å². The number of carbonyl (C=O) groups is 1. The predicted octanol–water partition coefficient (Wildman–Crippen LogP) is 3.28. The van der Waals surface area contributed by atoms with E-state index in [0.29, 0.717) is 13.0 Å². The number of amides is 1. The van der Waals surface area contributed by atoms with Crippen molar-refractivity contribution in [3.63, 3.8) is 0 Å². The number of benzene rings is 1. The first kappa shape index (κ1) is 16.4. The maximum Gasteiger partial charge on any atom is 0.240 e. The fourth-order valence-electron chi connectivity index (χ4n) is 4.14. The second kappa shape index (κ2) is 7.43. The van der Waals surface area contributed by atoms with Crippen molar-refractivity contribution in [3.8, 4) is 0 Å². The van der Waals surface area contributed by atoms with Crippen molar-refractivity contribution in [1.82, 2.24) is 10.2 Å². The molecule has 126 valence electrons. The number of hydrogen-bond acceptors (Lipinski definition) is 2. The smallest absolute Gasteiger partial charge is 0.240 e. The quantitative estimate of drug-likeness (QED) is 0.816. The summed E-state index contributed by atoms with van der Waals surface area (Å²) in [6.07, 6.45) is 8.16. The lowest BCUT2D eigenvalue weighted by atomic mass is 9.94. The Balaban J connectivity index is 1.51. The van der Waals surface area contributed by atoms with E-state index in [0.717, 1.165) is 50.8 Å². The highest BCUT2D eigenvalue weighted by atomic mass is 19.1. The number of likely N-dealkylation sites (tertiary alicyclic amines) is 1. The summed E-state index contributed by atoms with van der Waals surface area (Å²) in [4.78, 5) is 15.2. The number of rotatable bonds is 6. The van der Waals surface area contributed by atoms with Crippen LogP contribution in [0.5, 0.6) is 0 Å². The van der Waals surface area contributed by atoms with Gasteiger partial charge in [-0.25, -0.2) is 4.39 Å². The molecule has 1 saturated heterocycles. The SMILES string of the molecule is O=C(NCCCc1ccccc1F)C1(N2CCCC2)CCCC1. The van der Waals surface area contributed by atoms with Crippen molar-refractivity contribution in [3.05, 3.63) is 35.6 Å². The molecule has 0 radical (unpaired) electrons. The summed E-state index contributed by atoms with van der Waals surface area (Å²) in [5.41, 5.74) is 0.478. The molecule has 1 aromatic carbocycles. The third-order valence-electron chi connectivity index (χ3n) is 5.43. The molecule has 3 rings (SSSR count). The zero-order chi connectivity index (χ0) is 16.1. The molecule has 3 nitrogen and oxygen atoms in total. The van der Waals surface area contributed by atoms with Crippen LogP contribution in [0, 0.1) is 5.82 Å². The molecule has 1 heterocycles. The number of carbonyl (C=O) groups excluding carboxylic acids is 1. The number of hydrogen-bond donors (Lipinski definition) is 1. The molecule has 4 heteroatoms. The van der Waals surface area contributed by atoms with E-state index in [1.165, 1.54) is 18.9 Å². The summed E-state index contributed by atoms with van der Waals surface area (Å²) in [5.74, 6) is 0.0496. The van der Waals surface area contributed by atoms with Crippen LogP contribution in [0.15, 0.2) is 24.3 Å². The lowest BCUT2D eigenvalue weighted by Crippen LogP contribution is -2.56. The van der Waals surface area contributed by atoms with Gasteiger partial charge in [-0.05, 0) is 63.2 Å². The Bertz CT molecular complexity index is 534. The van der Waals surface area contributed by atoms with Gasteiger partial charge in [0, 0.05) is 6.54 Å². The molecule has 2 fully saturated rings. The van der Waals surface area contributed by atoms with Crippen molar-refractivity contribution in [2.45, 2.75) is 56.9 Å². The summed E-state index contributed by atoms with van der Waals surface area (Å²) in [7, 11) is 0. The van der Waals surface area contributed by atoms with Crippen molar-refractivity contribution in [2.24, 2.45) is 0 Å². The molecule has 23 heavy (non-hydrogen) atoms. The highest BCUT2D eigenvalue weighted by molar-refractivity contribution is 5.86. The Morgan fingerprint density at radius 3 is 2.52 bits per heavy atom. The van der Waals surface area contributed by atoms with Gasteiger partial charge in [0.15, 0.2) is 0 Å². The maximum atomic E-state index is 13.6. The summed E-state index contributed by atoms with van der Waals surface area (Å²) >= 11 is 0. The molecule has 1 N–H and O–H groups in total. The summed E-state index contributed by atoms with van der Waals surface area (Å²) in [6, 6.07) is 6.88. The van der Waals surface area contributed by atoms with E-state index in [2.05, 4.69) is 10.2 Å². The van der Waals surface area contributed by atoms with Gasteiger partial charge in [-0.1, -0.05) is 31.0 Å². The van der Waals surface area contributed by atoms with Gasteiger partial charge in [0.25, 0.3) is 0 Å². The minimum Gasteiger partial charge on any atom is -0.354 e. The standard InChI is InChI=1S/C19H27FN2O/c20-17-10-2-1-8-16(17)9-7-13-21-18(23)19(11-3-4-12-19)22-14-5-6-15-22/h1-2,8,10H,3-7,9,11-15H2,(H,21,23). The molecule has 1 aromatic rings. The van der Waals surface area contributed by atoms with Crippen LogP contribution < -0.4 is 5.32 Å².